The molecule has 25 heavy (non-hydrogen) atoms. The first-order chi connectivity index (χ1) is 11.8. The second-order valence-corrected chi connectivity index (χ2v) is 5.93. The van der Waals surface area contributed by atoms with E-state index in [0.29, 0.717) is 24.8 Å². The van der Waals surface area contributed by atoms with Gasteiger partial charge in [-0.1, -0.05) is 6.92 Å². The fourth-order valence-electron chi connectivity index (χ4n) is 3.04. The number of likely N-dealkylation sites (N-methyl/N-ethyl adjacent to an activating group) is 1. The van der Waals surface area contributed by atoms with Gasteiger partial charge in [0.25, 0.3) is 5.69 Å². The highest BCUT2D eigenvalue weighted by molar-refractivity contribution is 5.87. The van der Waals surface area contributed by atoms with E-state index in [1.807, 2.05) is 4.90 Å². The number of piperazine rings is 1. The number of halogens is 3. The summed E-state index contributed by atoms with van der Waals surface area (Å²) >= 11 is 0. The summed E-state index contributed by atoms with van der Waals surface area (Å²) in [4.78, 5) is 18.4. The largest absolute Gasteiger partial charge is 0.417 e. The van der Waals surface area contributed by atoms with Crippen molar-refractivity contribution in [2.24, 2.45) is 0 Å². The van der Waals surface area contributed by atoms with Gasteiger partial charge < -0.3 is 9.80 Å². The van der Waals surface area contributed by atoms with Gasteiger partial charge in [0.05, 0.1) is 27.9 Å². The Hall–Kier alpha value is -2.42. The number of non-ortho nitro benzene ring substituents is 1. The number of hydrogen-bond acceptors (Lipinski definition) is 5. The summed E-state index contributed by atoms with van der Waals surface area (Å²) < 4.78 is 40.1. The van der Waals surface area contributed by atoms with Crippen LogP contribution in [0.25, 0.3) is 10.9 Å². The van der Waals surface area contributed by atoms with E-state index in [0.717, 1.165) is 25.7 Å². The number of pyridine rings is 1. The zero-order valence-corrected chi connectivity index (χ0v) is 13.6. The summed E-state index contributed by atoms with van der Waals surface area (Å²) in [5, 5.41) is 10.8. The monoisotopic (exact) mass is 354 g/mol. The number of nitrogens with zero attached hydrogens (tertiary/aromatic N) is 4. The van der Waals surface area contributed by atoms with Crippen LogP contribution in [0.5, 0.6) is 0 Å². The fraction of sp³-hybridized carbons (Fsp3) is 0.438. The molecule has 0 aliphatic carbocycles. The zero-order chi connectivity index (χ0) is 18.2. The minimum atomic E-state index is -4.69. The number of hydrogen-bond donors (Lipinski definition) is 0. The van der Waals surface area contributed by atoms with E-state index >= 15 is 0 Å². The van der Waals surface area contributed by atoms with Crippen LogP contribution >= 0.6 is 0 Å². The zero-order valence-electron chi connectivity index (χ0n) is 13.6. The summed E-state index contributed by atoms with van der Waals surface area (Å²) in [6, 6.07) is 3.07. The highest BCUT2D eigenvalue weighted by Crippen LogP contribution is 2.38. The summed E-state index contributed by atoms with van der Waals surface area (Å²) in [5.41, 5.74) is -1.07. The summed E-state index contributed by atoms with van der Waals surface area (Å²) in [6.45, 7) is 6.08. The minimum absolute atomic E-state index is 0.0301. The molecule has 1 saturated heterocycles. The highest BCUT2D eigenvalue weighted by Gasteiger charge is 2.35. The van der Waals surface area contributed by atoms with Crippen LogP contribution in [-0.2, 0) is 6.18 Å². The molecular formula is C16H17F3N4O2. The van der Waals surface area contributed by atoms with Crippen molar-refractivity contribution in [3.05, 3.63) is 40.1 Å². The first-order valence-corrected chi connectivity index (χ1v) is 7.92. The Morgan fingerprint density at radius 2 is 1.88 bits per heavy atom. The number of rotatable bonds is 3. The quantitative estimate of drug-likeness (QED) is 0.625. The molecule has 1 aromatic carbocycles. The topological polar surface area (TPSA) is 62.5 Å². The number of aromatic nitrogens is 1. The molecule has 9 heteroatoms. The van der Waals surface area contributed by atoms with Crippen molar-refractivity contribution in [2.75, 3.05) is 37.6 Å². The maximum atomic E-state index is 13.4. The van der Waals surface area contributed by atoms with Gasteiger partial charge in [-0.15, -0.1) is 0 Å². The third-order valence-electron chi connectivity index (χ3n) is 4.47. The maximum absolute atomic E-state index is 13.4. The molecule has 2 heterocycles. The molecule has 0 N–H and O–H groups in total. The first kappa shape index (κ1) is 17.4. The molecule has 0 bridgehead atoms. The van der Waals surface area contributed by atoms with E-state index < -0.39 is 22.4 Å². The second kappa shape index (κ2) is 6.47. The van der Waals surface area contributed by atoms with Gasteiger partial charge >= 0.3 is 6.18 Å². The van der Waals surface area contributed by atoms with Crippen molar-refractivity contribution in [3.8, 4) is 0 Å². The predicted octanol–water partition coefficient (Wildman–Crippen LogP) is 3.30. The Morgan fingerprint density at radius 1 is 1.20 bits per heavy atom. The summed E-state index contributed by atoms with van der Waals surface area (Å²) in [5.74, 6) is 0. The molecule has 1 aromatic heterocycles. The lowest BCUT2D eigenvalue weighted by atomic mass is 10.1. The molecule has 1 aliphatic heterocycles. The van der Waals surface area contributed by atoms with Crippen molar-refractivity contribution in [1.82, 2.24) is 9.88 Å². The van der Waals surface area contributed by atoms with Gasteiger partial charge in [0, 0.05) is 43.7 Å². The smallest absolute Gasteiger partial charge is 0.368 e. The fourth-order valence-corrected chi connectivity index (χ4v) is 3.04. The Balaban J connectivity index is 2.04. The number of nitro benzene ring substituents is 1. The van der Waals surface area contributed by atoms with Crippen molar-refractivity contribution < 1.29 is 18.1 Å². The first-order valence-electron chi connectivity index (χ1n) is 7.92. The van der Waals surface area contributed by atoms with E-state index in [1.165, 1.54) is 12.3 Å². The van der Waals surface area contributed by atoms with E-state index in [4.69, 9.17) is 0 Å². The average Bonchev–Trinajstić information content (AvgIpc) is 2.59. The Morgan fingerprint density at radius 3 is 2.44 bits per heavy atom. The average molecular weight is 354 g/mol. The molecule has 0 unspecified atom stereocenters. The van der Waals surface area contributed by atoms with Crippen LogP contribution in [0, 0.1) is 10.1 Å². The minimum Gasteiger partial charge on any atom is -0.368 e. The van der Waals surface area contributed by atoms with Gasteiger partial charge in [-0.25, -0.2) is 0 Å². The standard InChI is InChI=1S/C16H17F3N4O2/c1-2-21-3-5-22(6-4-21)12-7-13-14(16(17,18)19)8-11(23(24)25)9-15(13)20-10-12/h7-10H,2-6H2,1H3. The summed E-state index contributed by atoms with van der Waals surface area (Å²) in [6.07, 6.45) is -3.21. The highest BCUT2D eigenvalue weighted by atomic mass is 19.4. The maximum Gasteiger partial charge on any atom is 0.417 e. The van der Waals surface area contributed by atoms with Crippen LogP contribution in [0.4, 0.5) is 24.5 Å². The molecule has 1 aliphatic rings. The van der Waals surface area contributed by atoms with Gasteiger partial charge in [-0.05, 0) is 12.6 Å². The van der Waals surface area contributed by atoms with E-state index in [-0.39, 0.29) is 10.9 Å². The van der Waals surface area contributed by atoms with E-state index in [2.05, 4.69) is 16.8 Å². The molecule has 0 spiro atoms. The molecular weight excluding hydrogens is 337 g/mol. The van der Waals surface area contributed by atoms with Crippen molar-refractivity contribution in [1.29, 1.82) is 0 Å². The van der Waals surface area contributed by atoms with Crippen LogP contribution in [0.15, 0.2) is 24.4 Å². The molecule has 2 aromatic rings. The molecule has 3 rings (SSSR count). The molecule has 0 radical (unpaired) electrons. The molecule has 0 amide bonds. The molecule has 0 atom stereocenters. The lowest BCUT2D eigenvalue weighted by Gasteiger charge is -2.35. The van der Waals surface area contributed by atoms with Gasteiger partial charge in [-0.2, -0.15) is 13.2 Å². The van der Waals surface area contributed by atoms with Crippen molar-refractivity contribution in [3.63, 3.8) is 0 Å². The van der Waals surface area contributed by atoms with E-state index in [1.54, 1.807) is 0 Å². The van der Waals surface area contributed by atoms with Crippen LogP contribution < -0.4 is 4.90 Å². The Kier molecular flexibility index (Phi) is 4.51. The molecule has 0 saturated carbocycles. The molecule has 6 nitrogen and oxygen atoms in total. The van der Waals surface area contributed by atoms with Gasteiger partial charge in [0.1, 0.15) is 0 Å². The van der Waals surface area contributed by atoms with E-state index in [9.17, 15) is 23.3 Å². The SMILES string of the molecule is CCN1CCN(c2cnc3cc([N+](=O)[O-])cc(C(F)(F)F)c3c2)CC1. The number of fused-ring (bicyclic) bond motifs is 1. The van der Waals surface area contributed by atoms with Crippen LogP contribution in [0.2, 0.25) is 0 Å². The normalized spacial score (nSPS) is 16.4. The van der Waals surface area contributed by atoms with Crippen molar-refractivity contribution >= 4 is 22.3 Å². The number of benzene rings is 1. The van der Waals surface area contributed by atoms with Crippen LogP contribution in [0.3, 0.4) is 0 Å². The molecule has 1 fully saturated rings. The van der Waals surface area contributed by atoms with Gasteiger partial charge in [-0.3, -0.25) is 15.1 Å². The number of nitro groups is 1. The van der Waals surface area contributed by atoms with Crippen LogP contribution in [-0.4, -0.2) is 47.5 Å². The second-order valence-electron chi connectivity index (χ2n) is 5.93. The predicted molar refractivity (Wildman–Crippen MR) is 87.7 cm³/mol. The third-order valence-corrected chi connectivity index (χ3v) is 4.47. The Labute approximate surface area is 142 Å². The Bertz CT molecular complexity index is 802. The lowest BCUT2D eigenvalue weighted by molar-refractivity contribution is -0.385. The number of alkyl halides is 3. The summed E-state index contributed by atoms with van der Waals surface area (Å²) in [7, 11) is 0. The van der Waals surface area contributed by atoms with Gasteiger partial charge in [0.15, 0.2) is 0 Å². The van der Waals surface area contributed by atoms with Crippen molar-refractivity contribution in [2.45, 2.75) is 13.1 Å². The van der Waals surface area contributed by atoms with Gasteiger partial charge in [0.2, 0.25) is 0 Å². The number of anilines is 1. The molecule has 134 valence electrons. The third kappa shape index (κ3) is 3.51. The lowest BCUT2D eigenvalue weighted by Crippen LogP contribution is -2.46. The van der Waals surface area contributed by atoms with Crippen LogP contribution in [0.1, 0.15) is 12.5 Å².